The van der Waals surface area contributed by atoms with Crippen molar-refractivity contribution in [3.05, 3.63) is 36.5 Å². The first kappa shape index (κ1) is 10.5. The van der Waals surface area contributed by atoms with Crippen LogP contribution in [0.4, 0.5) is 5.82 Å². The molecule has 17 heavy (non-hydrogen) atoms. The van der Waals surface area contributed by atoms with Crippen molar-refractivity contribution in [2.75, 3.05) is 18.4 Å². The summed E-state index contributed by atoms with van der Waals surface area (Å²) in [7, 11) is 0. The molecule has 1 aromatic heterocycles. The number of nitrogens with zero attached hydrogens (tertiary/aromatic N) is 1. The molecule has 0 aliphatic heterocycles. The van der Waals surface area contributed by atoms with Crippen LogP contribution in [-0.4, -0.2) is 18.1 Å². The molecule has 0 spiro atoms. The first-order valence-electron chi connectivity index (χ1n) is 6.11. The van der Waals surface area contributed by atoms with Crippen LogP contribution in [0.2, 0.25) is 0 Å². The third-order valence-electron chi connectivity index (χ3n) is 3.69. The lowest BCUT2D eigenvalue weighted by molar-refractivity contribution is 0.555. The second-order valence-corrected chi connectivity index (χ2v) is 4.94. The Morgan fingerprint density at radius 3 is 2.82 bits per heavy atom. The fraction of sp³-hybridized carbons (Fsp3) is 0.357. The smallest absolute Gasteiger partial charge is 0.133 e. The number of benzene rings is 1. The number of nitrogens with one attached hydrogen (secondary N) is 1. The molecule has 1 fully saturated rings. The lowest BCUT2D eigenvalue weighted by Crippen LogP contribution is -2.24. The molecule has 1 aliphatic carbocycles. The fourth-order valence-electron chi connectivity index (χ4n) is 2.16. The average molecular weight is 227 g/mol. The maximum Gasteiger partial charge on any atom is 0.133 e. The van der Waals surface area contributed by atoms with Crippen molar-refractivity contribution in [3.8, 4) is 0 Å². The summed E-state index contributed by atoms with van der Waals surface area (Å²) in [5.74, 6) is 0.975. The molecule has 0 bridgehead atoms. The van der Waals surface area contributed by atoms with E-state index in [1.165, 1.54) is 23.6 Å². The van der Waals surface area contributed by atoms with E-state index >= 15 is 0 Å². The highest BCUT2D eigenvalue weighted by atomic mass is 15.0. The van der Waals surface area contributed by atoms with E-state index in [0.717, 1.165) is 18.9 Å². The van der Waals surface area contributed by atoms with E-state index in [0.29, 0.717) is 5.41 Å². The monoisotopic (exact) mass is 227 g/mol. The number of hydrogen-bond acceptors (Lipinski definition) is 3. The van der Waals surface area contributed by atoms with Gasteiger partial charge in [0, 0.05) is 18.1 Å². The predicted molar refractivity (Wildman–Crippen MR) is 71.0 cm³/mol. The summed E-state index contributed by atoms with van der Waals surface area (Å²) in [5, 5.41) is 5.86. The third-order valence-corrected chi connectivity index (χ3v) is 3.69. The molecule has 1 heterocycles. The lowest BCUT2D eigenvalue weighted by Gasteiger charge is -2.14. The summed E-state index contributed by atoms with van der Waals surface area (Å²) in [6.45, 7) is 1.70. The number of pyridine rings is 1. The Hall–Kier alpha value is -1.61. The van der Waals surface area contributed by atoms with Crippen molar-refractivity contribution in [1.82, 2.24) is 4.98 Å². The maximum absolute atomic E-state index is 5.79. The van der Waals surface area contributed by atoms with E-state index in [1.807, 2.05) is 24.4 Å². The van der Waals surface area contributed by atoms with Crippen molar-refractivity contribution < 1.29 is 0 Å². The normalized spacial score (nSPS) is 17.0. The largest absolute Gasteiger partial charge is 0.369 e. The molecule has 1 aromatic carbocycles. The first-order valence-corrected chi connectivity index (χ1v) is 6.11. The summed E-state index contributed by atoms with van der Waals surface area (Å²) in [5.41, 5.74) is 6.12. The summed E-state index contributed by atoms with van der Waals surface area (Å²) in [6, 6.07) is 10.3. The zero-order valence-electron chi connectivity index (χ0n) is 9.82. The highest BCUT2D eigenvalue weighted by Crippen LogP contribution is 2.44. The van der Waals surface area contributed by atoms with Crippen LogP contribution in [0.5, 0.6) is 0 Å². The molecule has 0 atom stereocenters. The Kier molecular flexibility index (Phi) is 2.48. The van der Waals surface area contributed by atoms with Crippen LogP contribution < -0.4 is 11.1 Å². The summed E-state index contributed by atoms with van der Waals surface area (Å²) in [4.78, 5) is 4.42. The van der Waals surface area contributed by atoms with Crippen molar-refractivity contribution >= 4 is 16.6 Å². The standard InChI is InChI=1S/C14H17N3/c15-9-14(6-7-14)10-17-13-12-4-2-1-3-11(12)5-8-16-13/h1-5,8H,6-7,9-10,15H2,(H,16,17). The predicted octanol–water partition coefficient (Wildman–Crippen LogP) is 2.39. The van der Waals surface area contributed by atoms with Crippen LogP contribution in [0.1, 0.15) is 12.8 Å². The van der Waals surface area contributed by atoms with E-state index < -0.39 is 0 Å². The van der Waals surface area contributed by atoms with E-state index in [9.17, 15) is 0 Å². The second kappa shape index (κ2) is 4.00. The molecule has 1 aliphatic rings. The van der Waals surface area contributed by atoms with Gasteiger partial charge in [-0.05, 0) is 36.3 Å². The minimum atomic E-state index is 0.332. The zero-order chi connectivity index (χ0) is 11.7. The molecule has 1 saturated carbocycles. The Morgan fingerprint density at radius 1 is 1.24 bits per heavy atom. The molecule has 3 heteroatoms. The Labute approximate surface area is 101 Å². The Balaban J connectivity index is 1.85. The number of anilines is 1. The molecular weight excluding hydrogens is 210 g/mol. The number of aromatic nitrogens is 1. The van der Waals surface area contributed by atoms with Crippen LogP contribution in [-0.2, 0) is 0 Å². The molecular formula is C14H17N3. The topological polar surface area (TPSA) is 50.9 Å². The van der Waals surface area contributed by atoms with Crippen molar-refractivity contribution in [2.45, 2.75) is 12.8 Å². The summed E-state index contributed by atoms with van der Waals surface area (Å²) in [6.07, 6.45) is 4.33. The van der Waals surface area contributed by atoms with E-state index in [4.69, 9.17) is 5.73 Å². The van der Waals surface area contributed by atoms with Crippen LogP contribution in [0.25, 0.3) is 10.8 Å². The molecule has 88 valence electrons. The molecule has 3 N–H and O–H groups in total. The minimum absolute atomic E-state index is 0.332. The van der Waals surface area contributed by atoms with Crippen LogP contribution in [0.3, 0.4) is 0 Å². The van der Waals surface area contributed by atoms with Gasteiger partial charge in [-0.3, -0.25) is 0 Å². The van der Waals surface area contributed by atoms with Gasteiger partial charge in [-0.25, -0.2) is 4.98 Å². The van der Waals surface area contributed by atoms with Crippen molar-refractivity contribution in [3.63, 3.8) is 0 Å². The van der Waals surface area contributed by atoms with Gasteiger partial charge >= 0.3 is 0 Å². The van der Waals surface area contributed by atoms with Gasteiger partial charge in [0.25, 0.3) is 0 Å². The van der Waals surface area contributed by atoms with Crippen LogP contribution in [0, 0.1) is 5.41 Å². The lowest BCUT2D eigenvalue weighted by atomic mass is 10.1. The van der Waals surface area contributed by atoms with Crippen LogP contribution in [0.15, 0.2) is 36.5 Å². The van der Waals surface area contributed by atoms with Gasteiger partial charge in [-0.2, -0.15) is 0 Å². The summed E-state index contributed by atoms with van der Waals surface area (Å²) < 4.78 is 0. The zero-order valence-corrected chi connectivity index (χ0v) is 9.82. The van der Waals surface area contributed by atoms with Crippen molar-refractivity contribution in [2.24, 2.45) is 11.1 Å². The van der Waals surface area contributed by atoms with E-state index in [2.05, 4.69) is 22.4 Å². The van der Waals surface area contributed by atoms with Gasteiger partial charge in [-0.15, -0.1) is 0 Å². The third kappa shape index (κ3) is 1.98. The molecule has 0 amide bonds. The Morgan fingerprint density at radius 2 is 2.06 bits per heavy atom. The van der Waals surface area contributed by atoms with E-state index in [-0.39, 0.29) is 0 Å². The van der Waals surface area contributed by atoms with Gasteiger partial charge < -0.3 is 11.1 Å². The average Bonchev–Trinajstić information content (AvgIpc) is 3.17. The molecule has 3 nitrogen and oxygen atoms in total. The number of nitrogens with two attached hydrogens (primary N) is 1. The highest BCUT2D eigenvalue weighted by Gasteiger charge is 2.40. The fourth-order valence-corrected chi connectivity index (χ4v) is 2.16. The minimum Gasteiger partial charge on any atom is -0.369 e. The molecule has 0 unspecified atom stereocenters. The SMILES string of the molecule is NCC1(CNc2nccc3ccccc23)CC1. The maximum atomic E-state index is 5.79. The van der Waals surface area contributed by atoms with Gasteiger partial charge in [0.1, 0.15) is 5.82 Å². The molecule has 2 aromatic rings. The van der Waals surface area contributed by atoms with Crippen LogP contribution >= 0.6 is 0 Å². The number of rotatable bonds is 4. The van der Waals surface area contributed by atoms with E-state index in [1.54, 1.807) is 0 Å². The molecule has 0 saturated heterocycles. The van der Waals surface area contributed by atoms with Gasteiger partial charge in [0.05, 0.1) is 0 Å². The molecule has 3 rings (SSSR count). The number of hydrogen-bond donors (Lipinski definition) is 2. The second-order valence-electron chi connectivity index (χ2n) is 4.94. The first-order chi connectivity index (χ1) is 8.33. The highest BCUT2D eigenvalue weighted by molar-refractivity contribution is 5.91. The number of fused-ring (bicyclic) bond motifs is 1. The molecule has 0 radical (unpaired) electrons. The quantitative estimate of drug-likeness (QED) is 0.843. The van der Waals surface area contributed by atoms with Gasteiger partial charge in [0.15, 0.2) is 0 Å². The van der Waals surface area contributed by atoms with Crippen molar-refractivity contribution in [1.29, 1.82) is 0 Å². The van der Waals surface area contributed by atoms with Gasteiger partial charge in [0.2, 0.25) is 0 Å². The van der Waals surface area contributed by atoms with Gasteiger partial charge in [-0.1, -0.05) is 24.3 Å². The summed E-state index contributed by atoms with van der Waals surface area (Å²) >= 11 is 0. The Bertz CT molecular complexity index is 526.